The molecule has 1 heterocycles. The Morgan fingerprint density at radius 3 is 2.94 bits per heavy atom. The average molecular weight is 287 g/mol. The first-order valence-corrected chi connectivity index (χ1v) is 5.92. The molecule has 0 aliphatic heterocycles. The van der Waals surface area contributed by atoms with E-state index in [1.54, 1.807) is 6.20 Å². The first-order chi connectivity index (χ1) is 7.69. The Bertz CT molecular complexity index is 358. The molecule has 0 saturated heterocycles. The van der Waals surface area contributed by atoms with Crippen LogP contribution in [-0.4, -0.2) is 29.6 Å². The van der Waals surface area contributed by atoms with Gasteiger partial charge in [0.25, 0.3) is 5.91 Å². The van der Waals surface area contributed by atoms with Gasteiger partial charge in [-0.1, -0.05) is 13.0 Å². The van der Waals surface area contributed by atoms with Crippen LogP contribution in [0.1, 0.15) is 18.9 Å². The molecular formula is C11H15BrN2O2. The second kappa shape index (κ2) is 6.60. The minimum atomic E-state index is -0.0574. The van der Waals surface area contributed by atoms with Crippen molar-refractivity contribution in [2.75, 3.05) is 13.7 Å². The molecule has 5 heteroatoms. The van der Waals surface area contributed by atoms with Gasteiger partial charge in [-0.2, -0.15) is 0 Å². The van der Waals surface area contributed by atoms with E-state index in [1.165, 1.54) is 12.2 Å². The van der Waals surface area contributed by atoms with Crippen LogP contribution in [0.4, 0.5) is 0 Å². The third-order valence-electron chi connectivity index (χ3n) is 2.10. The minimum absolute atomic E-state index is 0.0574. The molecular weight excluding hydrogens is 272 g/mol. The van der Waals surface area contributed by atoms with Crippen molar-refractivity contribution in [2.24, 2.45) is 0 Å². The number of amides is 1. The second-order valence-electron chi connectivity index (χ2n) is 3.31. The lowest BCUT2D eigenvalue weighted by molar-refractivity contribution is -0.175. The van der Waals surface area contributed by atoms with Gasteiger partial charge in [0.2, 0.25) is 0 Å². The van der Waals surface area contributed by atoms with Crippen LogP contribution >= 0.6 is 15.9 Å². The van der Waals surface area contributed by atoms with Crippen molar-refractivity contribution in [3.05, 3.63) is 28.5 Å². The highest BCUT2D eigenvalue weighted by Crippen LogP contribution is 2.14. The standard InChI is InChI=1S/C11H15BrN2O2/c1-3-7-14(16-2)10(15)8-9-5-4-6-13-11(9)12/h4-6H,3,7-8H2,1-2H3. The summed E-state index contributed by atoms with van der Waals surface area (Å²) >= 11 is 3.31. The number of hydroxylamine groups is 2. The Kier molecular flexibility index (Phi) is 5.42. The van der Waals surface area contributed by atoms with Crippen LogP contribution in [0.25, 0.3) is 0 Å². The van der Waals surface area contributed by atoms with Gasteiger partial charge in [-0.15, -0.1) is 0 Å². The molecule has 0 N–H and O–H groups in total. The molecule has 1 aromatic heterocycles. The van der Waals surface area contributed by atoms with E-state index in [2.05, 4.69) is 20.9 Å². The number of carbonyl (C=O) groups is 1. The normalized spacial score (nSPS) is 10.2. The zero-order valence-corrected chi connectivity index (χ0v) is 11.0. The third-order valence-corrected chi connectivity index (χ3v) is 2.82. The Labute approximate surface area is 104 Å². The molecule has 0 unspecified atom stereocenters. The number of hydrogen-bond acceptors (Lipinski definition) is 3. The summed E-state index contributed by atoms with van der Waals surface area (Å²) in [5, 5.41) is 1.37. The summed E-state index contributed by atoms with van der Waals surface area (Å²) in [6.07, 6.45) is 2.84. The number of pyridine rings is 1. The van der Waals surface area contributed by atoms with Crippen LogP contribution < -0.4 is 0 Å². The first-order valence-electron chi connectivity index (χ1n) is 5.13. The molecule has 1 amide bonds. The molecule has 88 valence electrons. The highest BCUT2D eigenvalue weighted by molar-refractivity contribution is 9.10. The van der Waals surface area contributed by atoms with Crippen molar-refractivity contribution in [3.8, 4) is 0 Å². The van der Waals surface area contributed by atoms with E-state index in [1.807, 2.05) is 19.1 Å². The largest absolute Gasteiger partial charge is 0.274 e. The van der Waals surface area contributed by atoms with Gasteiger partial charge in [-0.3, -0.25) is 9.63 Å². The van der Waals surface area contributed by atoms with Crippen LogP contribution in [0.3, 0.4) is 0 Å². The zero-order chi connectivity index (χ0) is 12.0. The van der Waals surface area contributed by atoms with Crippen LogP contribution in [-0.2, 0) is 16.1 Å². The molecule has 0 spiro atoms. The maximum absolute atomic E-state index is 11.8. The molecule has 0 aliphatic carbocycles. The summed E-state index contributed by atoms with van der Waals surface area (Å²) < 4.78 is 0.705. The lowest BCUT2D eigenvalue weighted by Crippen LogP contribution is -2.32. The minimum Gasteiger partial charge on any atom is -0.274 e. The van der Waals surface area contributed by atoms with Crippen LogP contribution in [0.15, 0.2) is 22.9 Å². The molecule has 16 heavy (non-hydrogen) atoms. The van der Waals surface area contributed by atoms with Crippen molar-refractivity contribution < 1.29 is 9.63 Å². The first kappa shape index (κ1) is 13.1. The quantitative estimate of drug-likeness (QED) is 0.616. The predicted octanol–water partition coefficient (Wildman–Crippen LogP) is 2.19. The van der Waals surface area contributed by atoms with E-state index < -0.39 is 0 Å². The number of carbonyl (C=O) groups excluding carboxylic acids is 1. The van der Waals surface area contributed by atoms with E-state index in [0.717, 1.165) is 12.0 Å². The third kappa shape index (κ3) is 3.57. The molecule has 0 aromatic carbocycles. The van der Waals surface area contributed by atoms with Crippen molar-refractivity contribution in [2.45, 2.75) is 19.8 Å². The summed E-state index contributed by atoms with van der Waals surface area (Å²) in [4.78, 5) is 20.9. The van der Waals surface area contributed by atoms with Gasteiger partial charge in [0.15, 0.2) is 0 Å². The van der Waals surface area contributed by atoms with Crippen LogP contribution in [0.2, 0.25) is 0 Å². The number of hydrogen-bond donors (Lipinski definition) is 0. The molecule has 0 atom stereocenters. The van der Waals surface area contributed by atoms with Gasteiger partial charge in [-0.25, -0.2) is 10.0 Å². The molecule has 0 aliphatic rings. The molecule has 0 fully saturated rings. The molecule has 0 bridgehead atoms. The highest BCUT2D eigenvalue weighted by atomic mass is 79.9. The van der Waals surface area contributed by atoms with E-state index in [0.29, 0.717) is 17.6 Å². The molecule has 4 nitrogen and oxygen atoms in total. The Morgan fingerprint density at radius 2 is 2.38 bits per heavy atom. The van der Waals surface area contributed by atoms with Crippen LogP contribution in [0, 0.1) is 0 Å². The van der Waals surface area contributed by atoms with E-state index >= 15 is 0 Å². The van der Waals surface area contributed by atoms with E-state index in [4.69, 9.17) is 4.84 Å². The fourth-order valence-corrected chi connectivity index (χ4v) is 1.71. The Balaban J connectivity index is 2.66. The fraction of sp³-hybridized carbons (Fsp3) is 0.455. The van der Waals surface area contributed by atoms with Gasteiger partial charge in [-0.05, 0) is 34.0 Å². The summed E-state index contributed by atoms with van der Waals surface area (Å²) in [5.41, 5.74) is 0.866. The van der Waals surface area contributed by atoms with Gasteiger partial charge in [0, 0.05) is 12.7 Å². The average Bonchev–Trinajstić information content (AvgIpc) is 2.29. The van der Waals surface area contributed by atoms with Crippen molar-refractivity contribution >= 4 is 21.8 Å². The summed E-state index contributed by atoms with van der Waals surface area (Å²) in [6, 6.07) is 3.68. The zero-order valence-electron chi connectivity index (χ0n) is 9.44. The topological polar surface area (TPSA) is 42.4 Å². The summed E-state index contributed by atoms with van der Waals surface area (Å²) in [5.74, 6) is -0.0574. The Hall–Kier alpha value is -0.940. The number of aromatic nitrogens is 1. The van der Waals surface area contributed by atoms with Gasteiger partial charge in [0.05, 0.1) is 13.5 Å². The van der Waals surface area contributed by atoms with Crippen molar-refractivity contribution in [1.29, 1.82) is 0 Å². The van der Waals surface area contributed by atoms with Gasteiger partial charge < -0.3 is 0 Å². The van der Waals surface area contributed by atoms with Crippen molar-refractivity contribution in [1.82, 2.24) is 10.0 Å². The lowest BCUT2D eigenvalue weighted by Gasteiger charge is -2.18. The maximum atomic E-state index is 11.8. The monoisotopic (exact) mass is 286 g/mol. The van der Waals surface area contributed by atoms with E-state index in [9.17, 15) is 4.79 Å². The smallest absolute Gasteiger partial charge is 0.250 e. The van der Waals surface area contributed by atoms with Gasteiger partial charge in [0.1, 0.15) is 4.60 Å². The number of halogens is 1. The number of rotatable bonds is 5. The maximum Gasteiger partial charge on any atom is 0.250 e. The lowest BCUT2D eigenvalue weighted by atomic mass is 10.2. The second-order valence-corrected chi connectivity index (χ2v) is 4.06. The Morgan fingerprint density at radius 1 is 1.62 bits per heavy atom. The van der Waals surface area contributed by atoms with Gasteiger partial charge >= 0.3 is 0 Å². The molecule has 1 rings (SSSR count). The highest BCUT2D eigenvalue weighted by Gasteiger charge is 2.14. The molecule has 1 aromatic rings. The van der Waals surface area contributed by atoms with Crippen LogP contribution in [0.5, 0.6) is 0 Å². The summed E-state index contributed by atoms with van der Waals surface area (Å²) in [6.45, 7) is 2.60. The van der Waals surface area contributed by atoms with E-state index in [-0.39, 0.29) is 5.91 Å². The number of nitrogens with zero attached hydrogens (tertiary/aromatic N) is 2. The van der Waals surface area contributed by atoms with Crippen molar-refractivity contribution in [3.63, 3.8) is 0 Å². The molecule has 0 saturated carbocycles. The molecule has 0 radical (unpaired) electrons. The SMILES string of the molecule is CCCN(OC)C(=O)Cc1cccnc1Br. The fourth-order valence-electron chi connectivity index (χ4n) is 1.32. The summed E-state index contributed by atoms with van der Waals surface area (Å²) in [7, 11) is 1.51. The predicted molar refractivity (Wildman–Crippen MR) is 64.7 cm³/mol.